The van der Waals surface area contributed by atoms with Crippen molar-refractivity contribution in [3.05, 3.63) is 38.7 Å². The molecule has 0 bridgehead atoms. The van der Waals surface area contributed by atoms with Gasteiger partial charge >= 0.3 is 0 Å². The van der Waals surface area contributed by atoms with E-state index in [-0.39, 0.29) is 0 Å². The van der Waals surface area contributed by atoms with Gasteiger partial charge in [0.25, 0.3) is 0 Å². The number of rotatable bonds is 1. The van der Waals surface area contributed by atoms with Gasteiger partial charge in [0, 0.05) is 10.0 Å². The van der Waals surface area contributed by atoms with Crippen LogP contribution in [0.15, 0.2) is 38.7 Å². The molecule has 1 nitrogen and oxygen atoms in total. The Hall–Kier alpha value is -0.190. The van der Waals surface area contributed by atoms with Crippen molar-refractivity contribution in [1.82, 2.24) is 4.98 Å². The molecule has 0 radical (unpaired) electrons. The fourth-order valence-corrected chi connectivity index (χ4v) is 2.61. The molecule has 0 spiro atoms. The third kappa shape index (κ3) is 2.18. The Bertz CT molecular complexity index is 425. The zero-order valence-electron chi connectivity index (χ0n) is 6.50. The number of halogens is 2. The average molecular weight is 319 g/mol. The van der Waals surface area contributed by atoms with E-state index in [2.05, 4.69) is 49.0 Å². The number of nitrogens with zero attached hydrogens (tertiary/aromatic N) is 1. The summed E-state index contributed by atoms with van der Waals surface area (Å²) in [5.41, 5.74) is 1.14. The lowest BCUT2D eigenvalue weighted by molar-refractivity contribution is 1.40. The van der Waals surface area contributed by atoms with Crippen molar-refractivity contribution in [3.8, 4) is 10.6 Å². The van der Waals surface area contributed by atoms with Crippen LogP contribution in [0.25, 0.3) is 10.6 Å². The van der Waals surface area contributed by atoms with Gasteiger partial charge in [0.2, 0.25) is 0 Å². The lowest BCUT2D eigenvalue weighted by Crippen LogP contribution is -1.73. The van der Waals surface area contributed by atoms with Crippen LogP contribution < -0.4 is 0 Å². The summed E-state index contributed by atoms with van der Waals surface area (Å²) >= 11 is 8.46. The second-order valence-corrected chi connectivity index (χ2v) is 5.81. The van der Waals surface area contributed by atoms with Crippen molar-refractivity contribution in [2.45, 2.75) is 0 Å². The summed E-state index contributed by atoms with van der Waals surface area (Å²) in [7, 11) is 0. The van der Waals surface area contributed by atoms with Crippen molar-refractivity contribution in [2.75, 3.05) is 0 Å². The summed E-state index contributed by atoms with van der Waals surface area (Å²) in [4.78, 5) is 4.28. The first-order valence-corrected chi connectivity index (χ1v) is 6.03. The third-order valence-electron chi connectivity index (χ3n) is 1.55. The molecule has 0 unspecified atom stereocenters. The highest BCUT2D eigenvalue weighted by Gasteiger charge is 2.02. The normalized spacial score (nSPS) is 10.3. The largest absolute Gasteiger partial charge is 0.243 e. The van der Waals surface area contributed by atoms with Crippen LogP contribution in [0.5, 0.6) is 0 Å². The molecule has 4 heteroatoms. The monoisotopic (exact) mass is 317 g/mol. The zero-order valence-corrected chi connectivity index (χ0v) is 10.5. The number of thiazole rings is 1. The maximum atomic E-state index is 4.28. The highest BCUT2D eigenvalue weighted by Crippen LogP contribution is 2.29. The van der Waals surface area contributed by atoms with Crippen LogP contribution in [0.2, 0.25) is 0 Å². The van der Waals surface area contributed by atoms with Crippen molar-refractivity contribution in [2.24, 2.45) is 0 Å². The van der Waals surface area contributed by atoms with E-state index in [1.54, 1.807) is 11.3 Å². The van der Waals surface area contributed by atoms with Crippen molar-refractivity contribution < 1.29 is 0 Å². The molecular weight excluding hydrogens is 314 g/mol. The molecule has 1 aromatic carbocycles. The molecule has 0 saturated heterocycles. The van der Waals surface area contributed by atoms with Gasteiger partial charge < -0.3 is 0 Å². The van der Waals surface area contributed by atoms with Crippen molar-refractivity contribution in [3.63, 3.8) is 0 Å². The first-order chi connectivity index (χ1) is 6.25. The molecule has 0 fully saturated rings. The van der Waals surface area contributed by atoms with Gasteiger partial charge in [0.1, 0.15) is 5.01 Å². The van der Waals surface area contributed by atoms with Gasteiger partial charge in [-0.2, -0.15) is 0 Å². The minimum Gasteiger partial charge on any atom is -0.243 e. The summed E-state index contributed by atoms with van der Waals surface area (Å²) in [5.74, 6) is 0. The van der Waals surface area contributed by atoms with E-state index in [1.807, 2.05) is 18.3 Å². The Balaban J connectivity index is 2.46. The van der Waals surface area contributed by atoms with E-state index in [0.717, 1.165) is 18.8 Å². The van der Waals surface area contributed by atoms with E-state index in [9.17, 15) is 0 Å². The average Bonchev–Trinajstić information content (AvgIpc) is 2.52. The predicted molar refractivity (Wildman–Crippen MR) is 63.0 cm³/mol. The molecular formula is C9H5Br2NS. The van der Waals surface area contributed by atoms with Gasteiger partial charge in [0.15, 0.2) is 0 Å². The van der Waals surface area contributed by atoms with Gasteiger partial charge in [-0.05, 0) is 28.1 Å². The third-order valence-corrected chi connectivity index (χ3v) is 3.57. The van der Waals surface area contributed by atoms with Crippen LogP contribution in [0.4, 0.5) is 0 Å². The SMILES string of the molecule is Brc1cccc(-c2ncc(Br)s2)c1. The lowest BCUT2D eigenvalue weighted by Gasteiger charge is -1.95. The molecule has 0 aliphatic heterocycles. The molecule has 66 valence electrons. The molecule has 1 aromatic heterocycles. The predicted octanol–water partition coefficient (Wildman–Crippen LogP) is 4.34. The van der Waals surface area contributed by atoms with Gasteiger partial charge in [-0.3, -0.25) is 0 Å². The van der Waals surface area contributed by atoms with E-state index in [0.29, 0.717) is 0 Å². The summed E-state index contributed by atoms with van der Waals surface area (Å²) in [6.07, 6.45) is 1.82. The quantitative estimate of drug-likeness (QED) is 0.762. The standard InChI is InChI=1S/C9H5Br2NS/c10-7-3-1-2-6(4-7)9-12-5-8(11)13-9/h1-5H. The number of aromatic nitrogens is 1. The Morgan fingerprint density at radius 1 is 1.23 bits per heavy atom. The number of hydrogen-bond acceptors (Lipinski definition) is 2. The summed E-state index contributed by atoms with van der Waals surface area (Å²) < 4.78 is 2.14. The second kappa shape index (κ2) is 3.90. The molecule has 0 aliphatic carbocycles. The molecule has 13 heavy (non-hydrogen) atoms. The topological polar surface area (TPSA) is 12.9 Å². The Labute approximate surface area is 97.1 Å². The highest BCUT2D eigenvalue weighted by atomic mass is 79.9. The highest BCUT2D eigenvalue weighted by molar-refractivity contribution is 9.11. The molecule has 0 amide bonds. The van der Waals surface area contributed by atoms with E-state index in [1.165, 1.54) is 0 Å². The van der Waals surface area contributed by atoms with Crippen LogP contribution in [-0.2, 0) is 0 Å². The first kappa shape index (κ1) is 9.37. The fourth-order valence-electron chi connectivity index (χ4n) is 1.01. The molecule has 0 N–H and O–H groups in total. The van der Waals surface area contributed by atoms with E-state index < -0.39 is 0 Å². The van der Waals surface area contributed by atoms with Crippen LogP contribution in [-0.4, -0.2) is 4.98 Å². The van der Waals surface area contributed by atoms with Crippen molar-refractivity contribution >= 4 is 43.2 Å². The molecule has 0 atom stereocenters. The minimum atomic E-state index is 1.04. The minimum absolute atomic E-state index is 1.04. The molecule has 1 heterocycles. The fraction of sp³-hybridized carbons (Fsp3) is 0. The number of hydrogen-bond donors (Lipinski definition) is 0. The van der Waals surface area contributed by atoms with Gasteiger partial charge in [-0.15, -0.1) is 11.3 Å². The lowest BCUT2D eigenvalue weighted by atomic mass is 10.2. The zero-order chi connectivity index (χ0) is 9.26. The van der Waals surface area contributed by atoms with Gasteiger partial charge in [-0.1, -0.05) is 28.1 Å². The second-order valence-electron chi connectivity index (χ2n) is 2.48. The summed E-state index contributed by atoms with van der Waals surface area (Å²) in [6, 6.07) is 8.13. The smallest absolute Gasteiger partial charge is 0.124 e. The Morgan fingerprint density at radius 3 is 2.69 bits per heavy atom. The summed E-state index contributed by atoms with van der Waals surface area (Å²) in [5, 5.41) is 1.04. The van der Waals surface area contributed by atoms with Crippen LogP contribution in [0.1, 0.15) is 0 Å². The maximum absolute atomic E-state index is 4.28. The molecule has 0 saturated carbocycles. The van der Waals surface area contributed by atoms with Crippen LogP contribution in [0.3, 0.4) is 0 Å². The van der Waals surface area contributed by atoms with Crippen LogP contribution in [0, 0.1) is 0 Å². The van der Waals surface area contributed by atoms with Crippen molar-refractivity contribution in [1.29, 1.82) is 0 Å². The van der Waals surface area contributed by atoms with Crippen LogP contribution >= 0.6 is 43.2 Å². The van der Waals surface area contributed by atoms with E-state index in [4.69, 9.17) is 0 Å². The Morgan fingerprint density at radius 2 is 2.08 bits per heavy atom. The van der Waals surface area contributed by atoms with E-state index >= 15 is 0 Å². The molecule has 2 rings (SSSR count). The first-order valence-electron chi connectivity index (χ1n) is 3.63. The molecule has 2 aromatic rings. The van der Waals surface area contributed by atoms with Gasteiger partial charge in [-0.25, -0.2) is 4.98 Å². The summed E-state index contributed by atoms with van der Waals surface area (Å²) in [6.45, 7) is 0. The molecule has 0 aliphatic rings. The Kier molecular flexibility index (Phi) is 2.81. The number of benzene rings is 1. The maximum Gasteiger partial charge on any atom is 0.124 e. The van der Waals surface area contributed by atoms with Gasteiger partial charge in [0.05, 0.1) is 9.98 Å².